The zero-order valence-corrected chi connectivity index (χ0v) is 14.8. The first-order valence-electron chi connectivity index (χ1n) is 6.77. The number of nitrogens with two attached hydrogens (primary N) is 1. The summed E-state index contributed by atoms with van der Waals surface area (Å²) in [6.07, 6.45) is 2.03. The third-order valence-electron chi connectivity index (χ3n) is 3.86. The molecular formula is C17H11BrN4S. The molecule has 0 spiro atoms. The number of nitrogen functional groups attached to an aromatic ring is 1. The number of fused-ring (bicyclic) bond motifs is 1. The highest BCUT2D eigenvalue weighted by molar-refractivity contribution is 9.11. The van der Waals surface area contributed by atoms with Gasteiger partial charge in [0.05, 0.1) is 20.6 Å². The Kier molecular flexibility index (Phi) is 3.81. The molecule has 0 aromatic carbocycles. The van der Waals surface area contributed by atoms with Crippen LogP contribution in [0.25, 0.3) is 17.2 Å². The third kappa shape index (κ3) is 2.37. The number of hydrogen-bond acceptors (Lipinski definition) is 5. The van der Waals surface area contributed by atoms with Crippen LogP contribution in [0.2, 0.25) is 0 Å². The monoisotopic (exact) mass is 382 g/mol. The number of allylic oxidation sites excluding steroid dienone is 3. The lowest BCUT2D eigenvalue weighted by Crippen LogP contribution is -2.03. The van der Waals surface area contributed by atoms with Crippen molar-refractivity contribution < 1.29 is 0 Å². The van der Waals surface area contributed by atoms with Gasteiger partial charge in [-0.15, -0.1) is 11.3 Å². The summed E-state index contributed by atoms with van der Waals surface area (Å²) in [7, 11) is 0. The van der Waals surface area contributed by atoms with E-state index in [1.165, 1.54) is 0 Å². The van der Waals surface area contributed by atoms with Gasteiger partial charge in [0.25, 0.3) is 0 Å². The molecule has 6 heteroatoms. The number of pyridine rings is 1. The standard InChI is InChI=1S/C17H11BrN4S/c1-8-11(5-10-3-4-14(18)23-10)15-9(2)13(7-20)17(21)22-16(15)12(8)6-19/h3-5H,1-2H3,(H2,21,22). The summed E-state index contributed by atoms with van der Waals surface area (Å²) in [6, 6.07) is 8.31. The Morgan fingerprint density at radius 1 is 1.26 bits per heavy atom. The van der Waals surface area contributed by atoms with Crippen molar-refractivity contribution in [3.63, 3.8) is 0 Å². The van der Waals surface area contributed by atoms with Gasteiger partial charge in [0.15, 0.2) is 0 Å². The number of hydrogen-bond donors (Lipinski definition) is 1. The molecule has 1 aliphatic rings. The highest BCUT2D eigenvalue weighted by atomic mass is 79.9. The lowest BCUT2D eigenvalue weighted by molar-refractivity contribution is 1.22. The molecule has 0 bridgehead atoms. The molecule has 1 aliphatic carbocycles. The Hall–Kier alpha value is -2.41. The van der Waals surface area contributed by atoms with E-state index in [9.17, 15) is 10.5 Å². The van der Waals surface area contributed by atoms with Crippen molar-refractivity contribution in [3.8, 4) is 12.1 Å². The Morgan fingerprint density at radius 3 is 2.57 bits per heavy atom. The summed E-state index contributed by atoms with van der Waals surface area (Å²) < 4.78 is 1.04. The van der Waals surface area contributed by atoms with Crippen molar-refractivity contribution in [2.45, 2.75) is 13.8 Å². The molecule has 0 radical (unpaired) electrons. The first-order chi connectivity index (χ1) is 11.0. The van der Waals surface area contributed by atoms with Gasteiger partial charge in [0, 0.05) is 10.4 Å². The fourth-order valence-corrected chi connectivity index (χ4v) is 4.11. The van der Waals surface area contributed by atoms with E-state index in [0.29, 0.717) is 16.8 Å². The van der Waals surface area contributed by atoms with E-state index in [0.717, 1.165) is 30.9 Å². The summed E-state index contributed by atoms with van der Waals surface area (Å²) in [4.78, 5) is 5.37. The van der Waals surface area contributed by atoms with Gasteiger partial charge in [-0.3, -0.25) is 0 Å². The second-order valence-electron chi connectivity index (χ2n) is 5.14. The minimum Gasteiger partial charge on any atom is -0.383 e. The molecule has 0 fully saturated rings. The Bertz CT molecular complexity index is 983. The molecule has 0 saturated carbocycles. The quantitative estimate of drug-likeness (QED) is 0.785. The number of nitrogens with zero attached hydrogens (tertiary/aromatic N) is 3. The lowest BCUT2D eigenvalue weighted by atomic mass is 9.97. The van der Waals surface area contributed by atoms with Gasteiger partial charge in [0.2, 0.25) is 0 Å². The van der Waals surface area contributed by atoms with Crippen LogP contribution in [0.15, 0.2) is 21.5 Å². The Morgan fingerprint density at radius 2 is 2.00 bits per heavy atom. The van der Waals surface area contributed by atoms with Crippen LogP contribution in [-0.2, 0) is 0 Å². The highest BCUT2D eigenvalue weighted by Gasteiger charge is 2.29. The molecule has 0 aliphatic heterocycles. The Balaban J connectivity index is 2.34. The molecule has 2 aromatic heterocycles. The normalized spacial score (nSPS) is 14.7. The fourth-order valence-electron chi connectivity index (χ4n) is 2.74. The van der Waals surface area contributed by atoms with Gasteiger partial charge in [0.1, 0.15) is 18.0 Å². The van der Waals surface area contributed by atoms with E-state index in [1.54, 1.807) is 11.3 Å². The lowest BCUT2D eigenvalue weighted by Gasteiger charge is -2.10. The van der Waals surface area contributed by atoms with Crippen LogP contribution in [0.3, 0.4) is 0 Å². The van der Waals surface area contributed by atoms with Crippen LogP contribution in [-0.4, -0.2) is 4.98 Å². The van der Waals surface area contributed by atoms with E-state index in [-0.39, 0.29) is 5.82 Å². The average molecular weight is 383 g/mol. The topological polar surface area (TPSA) is 86.5 Å². The van der Waals surface area contributed by atoms with Gasteiger partial charge in [-0.25, -0.2) is 4.98 Å². The third-order valence-corrected chi connectivity index (χ3v) is 5.44. The minimum atomic E-state index is 0.171. The van der Waals surface area contributed by atoms with Crippen LogP contribution in [0.4, 0.5) is 5.82 Å². The van der Waals surface area contributed by atoms with Crippen LogP contribution in [0, 0.1) is 29.6 Å². The molecule has 2 N–H and O–H groups in total. The number of anilines is 1. The highest BCUT2D eigenvalue weighted by Crippen LogP contribution is 2.44. The zero-order chi connectivity index (χ0) is 16.7. The molecule has 0 unspecified atom stereocenters. The summed E-state index contributed by atoms with van der Waals surface area (Å²) in [5, 5.41) is 18.8. The molecule has 3 rings (SSSR count). The van der Waals surface area contributed by atoms with Crippen LogP contribution < -0.4 is 5.73 Å². The van der Waals surface area contributed by atoms with Gasteiger partial charge in [-0.2, -0.15) is 10.5 Å². The Labute approximate surface area is 146 Å². The van der Waals surface area contributed by atoms with Crippen LogP contribution in [0.5, 0.6) is 0 Å². The molecule has 0 amide bonds. The number of aromatic nitrogens is 1. The smallest absolute Gasteiger partial charge is 0.142 e. The van der Waals surface area contributed by atoms with Crippen LogP contribution in [0.1, 0.15) is 34.2 Å². The SMILES string of the molecule is CC1=C(C#N)c2nc(N)c(C#N)c(C)c2C1=Cc1ccc(Br)s1. The molecule has 2 aromatic rings. The maximum atomic E-state index is 9.49. The van der Waals surface area contributed by atoms with Crippen LogP contribution >= 0.6 is 27.3 Å². The molecule has 4 nitrogen and oxygen atoms in total. The fraction of sp³-hybridized carbons (Fsp3) is 0.118. The van der Waals surface area contributed by atoms with Crippen molar-refractivity contribution >= 4 is 50.3 Å². The number of nitriles is 2. The van der Waals surface area contributed by atoms with Crippen molar-refractivity contribution in [1.29, 1.82) is 10.5 Å². The van der Waals surface area contributed by atoms with Crippen molar-refractivity contribution in [2.75, 3.05) is 5.73 Å². The predicted octanol–water partition coefficient (Wildman–Crippen LogP) is 4.52. The maximum Gasteiger partial charge on any atom is 0.142 e. The predicted molar refractivity (Wildman–Crippen MR) is 96.2 cm³/mol. The largest absolute Gasteiger partial charge is 0.383 e. The average Bonchev–Trinajstić information content (AvgIpc) is 3.02. The molecule has 112 valence electrons. The van der Waals surface area contributed by atoms with Gasteiger partial charge >= 0.3 is 0 Å². The van der Waals surface area contributed by atoms with E-state index < -0.39 is 0 Å². The van der Waals surface area contributed by atoms with Crippen molar-refractivity contribution in [3.05, 3.63) is 48.8 Å². The first kappa shape index (κ1) is 15.5. The molecular weight excluding hydrogens is 372 g/mol. The number of rotatable bonds is 1. The van der Waals surface area contributed by atoms with Gasteiger partial charge in [-0.05, 0) is 64.7 Å². The summed E-state index contributed by atoms with van der Waals surface area (Å²) in [5.74, 6) is 0.171. The number of thiophene rings is 1. The second-order valence-corrected chi connectivity index (χ2v) is 7.64. The zero-order valence-electron chi connectivity index (χ0n) is 12.4. The summed E-state index contributed by atoms with van der Waals surface area (Å²) in [6.45, 7) is 3.75. The minimum absolute atomic E-state index is 0.171. The molecule has 0 saturated heterocycles. The molecule has 0 atom stereocenters. The number of halogens is 1. The summed E-state index contributed by atoms with van der Waals surface area (Å²) in [5.41, 5.74) is 10.7. The van der Waals surface area contributed by atoms with Gasteiger partial charge < -0.3 is 5.73 Å². The van der Waals surface area contributed by atoms with E-state index in [4.69, 9.17) is 5.73 Å². The van der Waals surface area contributed by atoms with E-state index in [1.807, 2.05) is 32.1 Å². The first-order valence-corrected chi connectivity index (χ1v) is 8.38. The second kappa shape index (κ2) is 5.66. The van der Waals surface area contributed by atoms with Crippen molar-refractivity contribution in [2.24, 2.45) is 0 Å². The molecule has 23 heavy (non-hydrogen) atoms. The van der Waals surface area contributed by atoms with E-state index in [2.05, 4.69) is 33.1 Å². The van der Waals surface area contributed by atoms with Crippen molar-refractivity contribution in [1.82, 2.24) is 4.98 Å². The maximum absolute atomic E-state index is 9.49. The molecule has 2 heterocycles. The van der Waals surface area contributed by atoms with Gasteiger partial charge in [-0.1, -0.05) is 0 Å². The summed E-state index contributed by atoms with van der Waals surface area (Å²) >= 11 is 5.06. The van der Waals surface area contributed by atoms with E-state index >= 15 is 0 Å².